The fraction of sp³-hybridized carbons (Fsp3) is 0.455. The van der Waals surface area contributed by atoms with Crippen molar-refractivity contribution in [3.8, 4) is 0 Å². The fourth-order valence-corrected chi connectivity index (χ4v) is 3.62. The number of hydrogen-bond acceptors (Lipinski definition) is 4. The van der Waals surface area contributed by atoms with Crippen LogP contribution in [0.1, 0.15) is 12.0 Å². The van der Waals surface area contributed by atoms with E-state index in [1.165, 1.54) is 0 Å². The zero-order valence-corrected chi connectivity index (χ0v) is 9.96. The molecule has 1 fully saturated rings. The molecule has 0 bridgehead atoms. The molecular weight excluding hydrogens is 226 g/mol. The molecule has 88 valence electrons. The van der Waals surface area contributed by atoms with Crippen LogP contribution < -0.4 is 5.73 Å². The van der Waals surface area contributed by atoms with Crippen molar-refractivity contribution in [1.29, 1.82) is 0 Å². The third-order valence-corrected chi connectivity index (χ3v) is 5.14. The molecule has 0 aromatic heterocycles. The van der Waals surface area contributed by atoms with Gasteiger partial charge in [0.25, 0.3) is 0 Å². The smallest absolute Gasteiger partial charge is 0.185 e. The van der Waals surface area contributed by atoms with Gasteiger partial charge in [0.1, 0.15) is 0 Å². The fourth-order valence-electron chi connectivity index (χ4n) is 1.84. The van der Waals surface area contributed by atoms with Crippen LogP contribution in [0.5, 0.6) is 0 Å². The Hall–Kier alpha value is -1.07. The molecule has 5 heteroatoms. The van der Waals surface area contributed by atoms with Gasteiger partial charge in [0.05, 0.1) is 22.4 Å². The summed E-state index contributed by atoms with van der Waals surface area (Å²) in [5.41, 5.74) is 6.96. The first-order chi connectivity index (χ1) is 7.53. The average Bonchev–Trinajstić information content (AvgIpc) is 2.75. The number of anilines is 1. The summed E-state index contributed by atoms with van der Waals surface area (Å²) >= 11 is 0. The van der Waals surface area contributed by atoms with Crippen molar-refractivity contribution in [2.24, 2.45) is 0 Å². The Kier molecular flexibility index (Phi) is 2.90. The summed E-state index contributed by atoms with van der Waals surface area (Å²) in [5.74, 6) is 0. The molecule has 1 aromatic carbocycles. The molecular formula is C11H15NO3S. The predicted molar refractivity (Wildman–Crippen MR) is 62.0 cm³/mol. The summed E-state index contributed by atoms with van der Waals surface area (Å²) in [6.07, 6.45) is 0.551. The van der Waals surface area contributed by atoms with Crippen molar-refractivity contribution in [3.05, 3.63) is 23.8 Å². The lowest BCUT2D eigenvalue weighted by Crippen LogP contribution is -2.22. The first kappa shape index (κ1) is 11.4. The molecule has 16 heavy (non-hydrogen) atoms. The molecule has 1 aromatic rings. The molecule has 2 N–H and O–H groups in total. The van der Waals surface area contributed by atoms with Crippen LogP contribution in [0.3, 0.4) is 0 Å². The first-order valence-electron chi connectivity index (χ1n) is 5.20. The SMILES string of the molecule is Cc1cccc(S(=O)(=O)C2CCOC2)c1N. The summed E-state index contributed by atoms with van der Waals surface area (Å²) in [6.45, 7) is 2.59. The Bertz CT molecular complexity index is 490. The van der Waals surface area contributed by atoms with E-state index in [-0.39, 0.29) is 11.5 Å². The van der Waals surface area contributed by atoms with Gasteiger partial charge >= 0.3 is 0 Å². The molecule has 2 rings (SSSR count). The number of nitrogen functional groups attached to an aromatic ring is 1. The molecule has 0 amide bonds. The quantitative estimate of drug-likeness (QED) is 0.788. The molecule has 1 aliphatic heterocycles. The van der Waals surface area contributed by atoms with E-state index in [1.54, 1.807) is 25.1 Å². The largest absolute Gasteiger partial charge is 0.397 e. The van der Waals surface area contributed by atoms with Gasteiger partial charge in [-0.25, -0.2) is 8.42 Å². The number of sulfone groups is 1. The van der Waals surface area contributed by atoms with Gasteiger partial charge in [0.2, 0.25) is 0 Å². The van der Waals surface area contributed by atoms with E-state index in [4.69, 9.17) is 10.5 Å². The Morgan fingerprint density at radius 3 is 2.81 bits per heavy atom. The molecule has 0 radical (unpaired) electrons. The van der Waals surface area contributed by atoms with Crippen molar-refractivity contribution in [3.63, 3.8) is 0 Å². The summed E-state index contributed by atoms with van der Waals surface area (Å²) in [6, 6.07) is 5.09. The molecule has 0 aliphatic carbocycles. The van der Waals surface area contributed by atoms with Gasteiger partial charge in [0.15, 0.2) is 9.84 Å². The second-order valence-electron chi connectivity index (χ2n) is 4.02. The number of nitrogens with two attached hydrogens (primary N) is 1. The lowest BCUT2D eigenvalue weighted by molar-refractivity contribution is 0.198. The summed E-state index contributed by atoms with van der Waals surface area (Å²) in [7, 11) is -3.34. The summed E-state index contributed by atoms with van der Waals surface area (Å²) in [5, 5.41) is -0.448. The molecule has 1 aliphatic rings. The van der Waals surface area contributed by atoms with Crippen LogP contribution in [0, 0.1) is 6.92 Å². The van der Waals surface area contributed by atoms with Gasteiger partial charge in [-0.3, -0.25) is 0 Å². The van der Waals surface area contributed by atoms with E-state index >= 15 is 0 Å². The van der Waals surface area contributed by atoms with E-state index in [1.807, 2.05) is 0 Å². The normalized spacial score (nSPS) is 21.2. The number of hydrogen-bond donors (Lipinski definition) is 1. The van der Waals surface area contributed by atoms with Crippen LogP contribution in [-0.4, -0.2) is 26.9 Å². The number of rotatable bonds is 2. The van der Waals surface area contributed by atoms with E-state index < -0.39 is 15.1 Å². The number of benzene rings is 1. The Balaban J connectivity index is 2.47. The summed E-state index contributed by atoms with van der Waals surface area (Å²) < 4.78 is 29.6. The van der Waals surface area contributed by atoms with Gasteiger partial charge in [-0.05, 0) is 25.0 Å². The Morgan fingerprint density at radius 2 is 2.19 bits per heavy atom. The average molecular weight is 241 g/mol. The molecule has 1 unspecified atom stereocenters. The third-order valence-electron chi connectivity index (χ3n) is 2.92. The van der Waals surface area contributed by atoms with Gasteiger partial charge < -0.3 is 10.5 Å². The minimum atomic E-state index is -3.34. The maximum atomic E-state index is 12.2. The number of ether oxygens (including phenoxy) is 1. The van der Waals surface area contributed by atoms with Crippen LogP contribution in [0.2, 0.25) is 0 Å². The minimum absolute atomic E-state index is 0.239. The second-order valence-corrected chi connectivity index (χ2v) is 6.21. The van der Waals surface area contributed by atoms with Crippen LogP contribution >= 0.6 is 0 Å². The molecule has 0 spiro atoms. The lowest BCUT2D eigenvalue weighted by atomic mass is 10.2. The van der Waals surface area contributed by atoms with Crippen molar-refractivity contribution in [2.75, 3.05) is 18.9 Å². The highest BCUT2D eigenvalue weighted by molar-refractivity contribution is 7.92. The molecule has 1 saturated heterocycles. The van der Waals surface area contributed by atoms with E-state index in [2.05, 4.69) is 0 Å². The third kappa shape index (κ3) is 1.81. The van der Waals surface area contributed by atoms with Crippen molar-refractivity contribution in [1.82, 2.24) is 0 Å². The Morgan fingerprint density at radius 1 is 1.44 bits per heavy atom. The van der Waals surface area contributed by atoms with E-state index in [0.29, 0.717) is 18.7 Å². The molecule has 1 atom stereocenters. The lowest BCUT2D eigenvalue weighted by Gasteiger charge is -2.13. The van der Waals surface area contributed by atoms with Gasteiger partial charge in [-0.1, -0.05) is 12.1 Å². The minimum Gasteiger partial charge on any atom is -0.397 e. The van der Waals surface area contributed by atoms with E-state index in [0.717, 1.165) is 5.56 Å². The van der Waals surface area contributed by atoms with Gasteiger partial charge in [0, 0.05) is 6.61 Å². The van der Waals surface area contributed by atoms with Crippen LogP contribution in [0.25, 0.3) is 0 Å². The van der Waals surface area contributed by atoms with Crippen LogP contribution in [-0.2, 0) is 14.6 Å². The monoisotopic (exact) mass is 241 g/mol. The van der Waals surface area contributed by atoms with Crippen molar-refractivity contribution >= 4 is 15.5 Å². The maximum absolute atomic E-state index is 12.2. The predicted octanol–water partition coefficient (Wildman–Crippen LogP) is 1.14. The van der Waals surface area contributed by atoms with E-state index in [9.17, 15) is 8.42 Å². The number of para-hydroxylation sites is 1. The molecule has 1 heterocycles. The van der Waals surface area contributed by atoms with Gasteiger partial charge in [-0.2, -0.15) is 0 Å². The summed E-state index contributed by atoms with van der Waals surface area (Å²) in [4.78, 5) is 0.239. The highest BCUT2D eigenvalue weighted by atomic mass is 32.2. The van der Waals surface area contributed by atoms with Crippen LogP contribution in [0.4, 0.5) is 5.69 Å². The van der Waals surface area contributed by atoms with Crippen molar-refractivity contribution in [2.45, 2.75) is 23.5 Å². The van der Waals surface area contributed by atoms with Crippen molar-refractivity contribution < 1.29 is 13.2 Å². The maximum Gasteiger partial charge on any atom is 0.185 e. The number of aryl methyl sites for hydroxylation is 1. The van der Waals surface area contributed by atoms with Gasteiger partial charge in [-0.15, -0.1) is 0 Å². The zero-order chi connectivity index (χ0) is 11.8. The standard InChI is InChI=1S/C11H15NO3S/c1-8-3-2-4-10(11(8)12)16(13,14)9-5-6-15-7-9/h2-4,9H,5-7,12H2,1H3. The highest BCUT2D eigenvalue weighted by Gasteiger charge is 2.32. The second kappa shape index (κ2) is 4.07. The molecule has 0 saturated carbocycles. The highest BCUT2D eigenvalue weighted by Crippen LogP contribution is 2.28. The first-order valence-corrected chi connectivity index (χ1v) is 6.75. The topological polar surface area (TPSA) is 69.4 Å². The Labute approximate surface area is 95.3 Å². The molecule has 4 nitrogen and oxygen atoms in total. The van der Waals surface area contributed by atoms with Crippen LogP contribution in [0.15, 0.2) is 23.1 Å². The zero-order valence-electron chi connectivity index (χ0n) is 9.14.